The van der Waals surface area contributed by atoms with Crippen LogP contribution in [0.3, 0.4) is 0 Å². The molecule has 0 radical (unpaired) electrons. The molecule has 5 heteroatoms. The number of halogens is 2. The summed E-state index contributed by atoms with van der Waals surface area (Å²) < 4.78 is 5.17. The first-order valence-corrected chi connectivity index (χ1v) is 6.92. The van der Waals surface area contributed by atoms with Crippen molar-refractivity contribution < 1.29 is 9.53 Å². The van der Waals surface area contributed by atoms with E-state index in [0.29, 0.717) is 21.2 Å². The second-order valence-corrected chi connectivity index (χ2v) is 5.21. The Morgan fingerprint density at radius 2 is 1.71 bits per heavy atom. The molecule has 0 saturated carbocycles. The zero-order valence-electron chi connectivity index (χ0n) is 10.7. The van der Waals surface area contributed by atoms with Crippen molar-refractivity contribution in [3.63, 3.8) is 0 Å². The summed E-state index contributed by atoms with van der Waals surface area (Å²) in [4.78, 5) is 16.1. The van der Waals surface area contributed by atoms with Gasteiger partial charge in [0.05, 0.1) is 0 Å². The van der Waals surface area contributed by atoms with Crippen LogP contribution in [0.2, 0.25) is 10.0 Å². The summed E-state index contributed by atoms with van der Waals surface area (Å²) in [5, 5.41) is 1.16. The Labute approximate surface area is 131 Å². The Hall–Kier alpha value is -2.10. The minimum Gasteiger partial charge on any atom is -0.402 e. The van der Waals surface area contributed by atoms with Gasteiger partial charge < -0.3 is 4.74 Å². The Morgan fingerprint density at radius 1 is 1.00 bits per heavy atom. The van der Waals surface area contributed by atoms with Crippen LogP contribution in [0.25, 0.3) is 6.08 Å². The Bertz CT molecular complexity index is 764. The molecule has 1 aliphatic rings. The number of benzene rings is 2. The number of carbonyl (C=O) groups excluding carboxylic acids is 1. The summed E-state index contributed by atoms with van der Waals surface area (Å²) in [6, 6.07) is 14.1. The third kappa shape index (κ3) is 2.99. The van der Waals surface area contributed by atoms with E-state index >= 15 is 0 Å². The van der Waals surface area contributed by atoms with Crippen molar-refractivity contribution in [1.82, 2.24) is 0 Å². The molecule has 0 unspecified atom stereocenters. The predicted molar refractivity (Wildman–Crippen MR) is 83.5 cm³/mol. The number of cyclic esters (lactones) is 1. The number of rotatable bonds is 2. The van der Waals surface area contributed by atoms with Gasteiger partial charge in [-0.25, -0.2) is 9.79 Å². The van der Waals surface area contributed by atoms with Crippen LogP contribution in [0.4, 0.5) is 0 Å². The van der Waals surface area contributed by atoms with Crippen molar-refractivity contribution in [2.24, 2.45) is 4.99 Å². The molecule has 0 amide bonds. The first kappa shape index (κ1) is 13.9. The van der Waals surface area contributed by atoms with Crippen LogP contribution >= 0.6 is 23.2 Å². The van der Waals surface area contributed by atoms with Crippen LogP contribution in [0.1, 0.15) is 11.1 Å². The Balaban J connectivity index is 1.96. The second-order valence-electron chi connectivity index (χ2n) is 4.36. The van der Waals surface area contributed by atoms with E-state index in [1.165, 1.54) is 0 Å². The molecular formula is C16H9Cl2NO2. The van der Waals surface area contributed by atoms with Crippen LogP contribution in [0.15, 0.2) is 59.2 Å². The molecule has 0 fully saturated rings. The molecule has 3 nitrogen and oxygen atoms in total. The molecule has 2 aromatic carbocycles. The maximum Gasteiger partial charge on any atom is 0.363 e. The van der Waals surface area contributed by atoms with Gasteiger partial charge in [0.1, 0.15) is 0 Å². The van der Waals surface area contributed by atoms with Gasteiger partial charge in [-0.3, -0.25) is 0 Å². The molecule has 0 bridgehead atoms. The van der Waals surface area contributed by atoms with Gasteiger partial charge in [-0.05, 0) is 42.0 Å². The third-order valence-corrected chi connectivity index (χ3v) is 3.51. The van der Waals surface area contributed by atoms with Gasteiger partial charge in [0.2, 0.25) is 5.90 Å². The second kappa shape index (κ2) is 5.72. The quantitative estimate of drug-likeness (QED) is 0.610. The highest BCUT2D eigenvalue weighted by atomic mass is 35.5. The van der Waals surface area contributed by atoms with Crippen LogP contribution < -0.4 is 0 Å². The molecule has 21 heavy (non-hydrogen) atoms. The van der Waals surface area contributed by atoms with Crippen molar-refractivity contribution in [2.45, 2.75) is 0 Å². The van der Waals surface area contributed by atoms with E-state index < -0.39 is 5.97 Å². The molecule has 0 saturated heterocycles. The fourth-order valence-corrected chi connectivity index (χ4v) is 2.18. The molecule has 3 rings (SSSR count). The monoisotopic (exact) mass is 317 g/mol. The average Bonchev–Trinajstić information content (AvgIpc) is 2.83. The third-order valence-electron chi connectivity index (χ3n) is 2.91. The van der Waals surface area contributed by atoms with Gasteiger partial charge in [0.15, 0.2) is 5.70 Å². The van der Waals surface area contributed by atoms with Crippen molar-refractivity contribution in [1.29, 1.82) is 0 Å². The van der Waals surface area contributed by atoms with Crippen LogP contribution in [-0.4, -0.2) is 11.9 Å². The highest BCUT2D eigenvalue weighted by Crippen LogP contribution is 2.23. The van der Waals surface area contributed by atoms with Crippen molar-refractivity contribution in [2.75, 3.05) is 0 Å². The zero-order valence-corrected chi connectivity index (χ0v) is 12.2. The highest BCUT2D eigenvalue weighted by Gasteiger charge is 2.24. The van der Waals surface area contributed by atoms with Crippen LogP contribution in [-0.2, 0) is 9.53 Å². The fourth-order valence-electron chi connectivity index (χ4n) is 1.86. The molecular weight excluding hydrogens is 309 g/mol. The molecule has 104 valence electrons. The van der Waals surface area contributed by atoms with Crippen LogP contribution in [0, 0.1) is 0 Å². The van der Waals surface area contributed by atoms with E-state index in [1.807, 2.05) is 12.1 Å². The van der Waals surface area contributed by atoms with Gasteiger partial charge in [-0.1, -0.05) is 41.4 Å². The standard InChI is InChI=1S/C16H9Cl2NO2/c17-12-7-5-10(6-8-12)15-19-14(16(20)21-15)9-11-3-1-2-4-13(11)18/h1-9H/b14-9-. The largest absolute Gasteiger partial charge is 0.402 e. The number of hydrogen-bond donors (Lipinski definition) is 0. The minimum atomic E-state index is -0.500. The molecule has 0 spiro atoms. The summed E-state index contributed by atoms with van der Waals surface area (Å²) in [5.41, 5.74) is 1.62. The van der Waals surface area contributed by atoms with Gasteiger partial charge in [-0.2, -0.15) is 0 Å². The maximum atomic E-state index is 11.9. The molecule has 0 aromatic heterocycles. The van der Waals surface area contributed by atoms with E-state index in [2.05, 4.69) is 4.99 Å². The highest BCUT2D eigenvalue weighted by molar-refractivity contribution is 6.32. The number of ether oxygens (including phenoxy) is 1. The van der Waals surface area contributed by atoms with E-state index in [4.69, 9.17) is 27.9 Å². The van der Waals surface area contributed by atoms with Gasteiger partial charge in [-0.15, -0.1) is 0 Å². The van der Waals surface area contributed by atoms with E-state index in [1.54, 1.807) is 42.5 Å². The lowest BCUT2D eigenvalue weighted by Gasteiger charge is -1.98. The summed E-state index contributed by atoms with van der Waals surface area (Å²) >= 11 is 11.9. The Kier molecular flexibility index (Phi) is 3.78. The van der Waals surface area contributed by atoms with Gasteiger partial charge in [0.25, 0.3) is 0 Å². The van der Waals surface area contributed by atoms with Crippen LogP contribution in [0.5, 0.6) is 0 Å². The number of esters is 1. The summed E-state index contributed by atoms with van der Waals surface area (Å²) in [5.74, 6) is -0.241. The van der Waals surface area contributed by atoms with E-state index in [9.17, 15) is 4.79 Å². The molecule has 0 N–H and O–H groups in total. The van der Waals surface area contributed by atoms with Crippen molar-refractivity contribution in [3.05, 3.63) is 75.4 Å². The first-order valence-electron chi connectivity index (χ1n) is 6.16. The van der Waals surface area contributed by atoms with Crippen molar-refractivity contribution in [3.8, 4) is 0 Å². The minimum absolute atomic E-state index is 0.216. The molecule has 1 aliphatic heterocycles. The maximum absolute atomic E-state index is 11.9. The number of nitrogens with zero attached hydrogens (tertiary/aromatic N) is 1. The first-order chi connectivity index (χ1) is 10.1. The smallest absolute Gasteiger partial charge is 0.363 e. The predicted octanol–water partition coefficient (Wildman–Crippen LogP) is 4.34. The number of hydrogen-bond acceptors (Lipinski definition) is 3. The zero-order chi connectivity index (χ0) is 14.8. The average molecular weight is 318 g/mol. The molecule has 1 heterocycles. The molecule has 2 aromatic rings. The topological polar surface area (TPSA) is 38.7 Å². The lowest BCUT2D eigenvalue weighted by Crippen LogP contribution is -2.05. The molecule has 0 aliphatic carbocycles. The number of carbonyl (C=O) groups is 1. The lowest BCUT2D eigenvalue weighted by atomic mass is 10.2. The summed E-state index contributed by atoms with van der Waals surface area (Å²) in [7, 11) is 0. The molecule has 0 atom stereocenters. The Morgan fingerprint density at radius 3 is 2.43 bits per heavy atom. The SMILES string of the molecule is O=C1OC(c2ccc(Cl)cc2)=N/C1=C\c1ccccc1Cl. The van der Waals surface area contributed by atoms with Crippen molar-refractivity contribution >= 4 is 41.1 Å². The van der Waals surface area contributed by atoms with E-state index in [-0.39, 0.29) is 11.6 Å². The summed E-state index contributed by atoms with van der Waals surface area (Å²) in [6.45, 7) is 0. The number of aliphatic imine (C=N–C) groups is 1. The normalized spacial score (nSPS) is 16.0. The van der Waals surface area contributed by atoms with E-state index in [0.717, 1.165) is 0 Å². The summed E-state index contributed by atoms with van der Waals surface area (Å²) in [6.07, 6.45) is 1.60. The van der Waals surface area contributed by atoms with Gasteiger partial charge in [0, 0.05) is 15.6 Å². The fraction of sp³-hybridized carbons (Fsp3) is 0. The van der Waals surface area contributed by atoms with Gasteiger partial charge >= 0.3 is 5.97 Å². The lowest BCUT2D eigenvalue weighted by molar-refractivity contribution is -0.129.